The first-order valence-corrected chi connectivity index (χ1v) is 4.99. The van der Waals surface area contributed by atoms with E-state index in [2.05, 4.69) is 4.40 Å². The first-order chi connectivity index (χ1) is 4.75. The van der Waals surface area contributed by atoms with Crippen molar-refractivity contribution < 1.29 is 0 Å². The number of halogens is 2. The van der Waals surface area contributed by atoms with Gasteiger partial charge in [0.2, 0.25) is 0 Å². The minimum absolute atomic E-state index is 0.101. The summed E-state index contributed by atoms with van der Waals surface area (Å²) in [6.07, 6.45) is 0. The van der Waals surface area contributed by atoms with Crippen molar-refractivity contribution in [2.75, 3.05) is 0 Å². The van der Waals surface area contributed by atoms with Crippen molar-refractivity contribution >= 4 is 50.1 Å². The molecule has 0 aromatic carbocycles. The molecule has 0 bridgehead atoms. The van der Waals surface area contributed by atoms with Crippen LogP contribution in [0.3, 0.4) is 0 Å². The lowest BCUT2D eigenvalue weighted by Crippen LogP contribution is -1.84. The first-order valence-electron chi connectivity index (χ1n) is 2.13. The standard InChI is InChI=1S/C4Cl2N2S2/c5-2(1-7)3-4(6)8-10-9-3/b3-2+. The Morgan fingerprint density at radius 3 is 2.80 bits per heavy atom. The quantitative estimate of drug-likeness (QED) is 0.351. The van der Waals surface area contributed by atoms with E-state index in [-0.39, 0.29) is 5.03 Å². The van der Waals surface area contributed by atoms with E-state index in [9.17, 15) is 0 Å². The molecule has 2 nitrogen and oxygen atoms in total. The molecule has 1 aliphatic rings. The van der Waals surface area contributed by atoms with Gasteiger partial charge in [-0.15, -0.1) is 0 Å². The number of rotatable bonds is 0. The van der Waals surface area contributed by atoms with Gasteiger partial charge in [-0.2, -0.15) is 9.66 Å². The van der Waals surface area contributed by atoms with E-state index in [0.29, 0.717) is 10.1 Å². The molecule has 1 heterocycles. The average Bonchev–Trinajstić information content (AvgIpc) is 2.34. The van der Waals surface area contributed by atoms with E-state index >= 15 is 0 Å². The Kier molecular flexibility index (Phi) is 2.93. The van der Waals surface area contributed by atoms with E-state index in [1.165, 1.54) is 21.8 Å². The Morgan fingerprint density at radius 1 is 1.70 bits per heavy atom. The Morgan fingerprint density at radius 2 is 2.40 bits per heavy atom. The zero-order valence-electron chi connectivity index (χ0n) is 4.47. The van der Waals surface area contributed by atoms with Crippen LogP contribution in [0.5, 0.6) is 0 Å². The van der Waals surface area contributed by atoms with Crippen molar-refractivity contribution in [1.82, 2.24) is 0 Å². The highest BCUT2D eigenvalue weighted by Crippen LogP contribution is 2.42. The normalized spacial score (nSPS) is 21.9. The van der Waals surface area contributed by atoms with E-state index in [0.717, 1.165) is 0 Å². The SMILES string of the molecule is N#C/C(Cl)=C1\SSN=C1Cl. The second-order valence-electron chi connectivity index (χ2n) is 1.29. The molecule has 0 radical (unpaired) electrons. The maximum atomic E-state index is 8.34. The van der Waals surface area contributed by atoms with Gasteiger partial charge in [-0.25, -0.2) is 0 Å². The molecule has 0 atom stereocenters. The molecule has 1 aliphatic heterocycles. The molecule has 0 amide bonds. The fraction of sp³-hybridized carbons (Fsp3) is 0. The van der Waals surface area contributed by atoms with E-state index in [1.54, 1.807) is 6.07 Å². The summed E-state index contributed by atoms with van der Waals surface area (Å²) >= 11 is 11.1. The highest BCUT2D eigenvalue weighted by molar-refractivity contribution is 8.78. The van der Waals surface area contributed by atoms with Crippen molar-refractivity contribution in [2.45, 2.75) is 0 Å². The molecular weight excluding hydrogens is 211 g/mol. The smallest absolute Gasteiger partial charge is 0.155 e. The third-order valence-electron chi connectivity index (χ3n) is 0.723. The number of allylic oxidation sites excluding steroid dienone is 2. The summed E-state index contributed by atoms with van der Waals surface area (Å²) in [4.78, 5) is 0.552. The molecule has 0 unspecified atom stereocenters. The molecule has 0 saturated carbocycles. The molecule has 0 aromatic heterocycles. The van der Waals surface area contributed by atoms with Crippen LogP contribution in [0.4, 0.5) is 0 Å². The zero-order chi connectivity index (χ0) is 7.56. The summed E-state index contributed by atoms with van der Waals surface area (Å²) in [5, 5.41) is 8.74. The van der Waals surface area contributed by atoms with Crippen LogP contribution >= 0.6 is 45.0 Å². The molecule has 0 fully saturated rings. The maximum absolute atomic E-state index is 8.34. The van der Waals surface area contributed by atoms with Crippen LogP contribution in [-0.4, -0.2) is 5.17 Å². The summed E-state index contributed by atoms with van der Waals surface area (Å²) in [6.45, 7) is 0. The molecule has 0 spiro atoms. The largest absolute Gasteiger partial charge is 0.191 e. The molecular formula is C4Cl2N2S2. The van der Waals surface area contributed by atoms with Gasteiger partial charge in [0.1, 0.15) is 11.1 Å². The van der Waals surface area contributed by atoms with Crippen LogP contribution in [0.15, 0.2) is 14.3 Å². The summed E-state index contributed by atoms with van der Waals surface area (Å²) in [7, 11) is 2.50. The molecule has 0 aromatic rings. The first kappa shape index (κ1) is 8.28. The summed E-state index contributed by atoms with van der Waals surface area (Å²) < 4.78 is 3.75. The van der Waals surface area contributed by atoms with Crippen LogP contribution in [0.1, 0.15) is 0 Å². The van der Waals surface area contributed by atoms with Crippen molar-refractivity contribution in [3.05, 3.63) is 9.94 Å². The van der Waals surface area contributed by atoms with Crippen LogP contribution in [0, 0.1) is 11.3 Å². The average molecular weight is 211 g/mol. The van der Waals surface area contributed by atoms with Gasteiger partial charge in [-0.1, -0.05) is 23.2 Å². The van der Waals surface area contributed by atoms with Crippen LogP contribution in [-0.2, 0) is 0 Å². The minimum atomic E-state index is 0.101. The highest BCUT2D eigenvalue weighted by Gasteiger charge is 2.17. The fourth-order valence-electron chi connectivity index (χ4n) is 0.342. The van der Waals surface area contributed by atoms with Crippen molar-refractivity contribution in [3.8, 4) is 6.07 Å². The van der Waals surface area contributed by atoms with E-state index < -0.39 is 0 Å². The van der Waals surface area contributed by atoms with Gasteiger partial charge in [0, 0.05) is 0 Å². The summed E-state index contributed by atoms with van der Waals surface area (Å²) in [5.41, 5.74) is 0. The van der Waals surface area contributed by atoms with E-state index in [1.807, 2.05) is 0 Å². The lowest BCUT2D eigenvalue weighted by Gasteiger charge is -1.88. The van der Waals surface area contributed by atoms with Crippen molar-refractivity contribution in [1.29, 1.82) is 5.26 Å². The molecule has 1 rings (SSSR count). The number of hydrogen-bond acceptors (Lipinski definition) is 4. The topological polar surface area (TPSA) is 36.1 Å². The molecule has 10 heavy (non-hydrogen) atoms. The molecule has 0 saturated heterocycles. The lowest BCUT2D eigenvalue weighted by atomic mass is 10.5. The Hall–Kier alpha value is 0.180. The third-order valence-corrected chi connectivity index (χ3v) is 3.44. The van der Waals surface area contributed by atoms with Gasteiger partial charge in [0.15, 0.2) is 5.17 Å². The predicted molar refractivity (Wildman–Crippen MR) is 47.0 cm³/mol. The number of hydrogen-bond donors (Lipinski definition) is 0. The monoisotopic (exact) mass is 210 g/mol. The molecule has 52 valence electrons. The second kappa shape index (κ2) is 3.54. The van der Waals surface area contributed by atoms with Crippen molar-refractivity contribution in [3.63, 3.8) is 0 Å². The molecule has 0 N–H and O–H groups in total. The van der Waals surface area contributed by atoms with Gasteiger partial charge in [-0.3, -0.25) is 0 Å². The summed E-state index contributed by atoms with van der Waals surface area (Å²) in [6, 6.07) is 1.78. The van der Waals surface area contributed by atoms with Gasteiger partial charge < -0.3 is 0 Å². The maximum Gasteiger partial charge on any atom is 0.155 e. The minimum Gasteiger partial charge on any atom is -0.191 e. The van der Waals surface area contributed by atoms with Gasteiger partial charge in [-0.05, 0) is 10.8 Å². The Balaban J connectivity index is 2.96. The molecule has 0 aliphatic carbocycles. The predicted octanol–water partition coefficient (Wildman–Crippen LogP) is 2.91. The van der Waals surface area contributed by atoms with Crippen LogP contribution in [0.2, 0.25) is 0 Å². The number of nitrogens with zero attached hydrogens (tertiary/aromatic N) is 2. The number of nitriles is 1. The zero-order valence-corrected chi connectivity index (χ0v) is 7.61. The fourth-order valence-corrected chi connectivity index (χ4v) is 2.91. The second-order valence-corrected chi connectivity index (χ2v) is 3.88. The highest BCUT2D eigenvalue weighted by atomic mass is 35.5. The lowest BCUT2D eigenvalue weighted by molar-refractivity contribution is 1.52. The van der Waals surface area contributed by atoms with Crippen LogP contribution in [0.25, 0.3) is 0 Å². The molecule has 6 heteroatoms. The van der Waals surface area contributed by atoms with Gasteiger partial charge in [0.05, 0.1) is 15.9 Å². The Labute approximate surface area is 75.8 Å². The Bertz CT molecular complexity index is 252. The third kappa shape index (κ3) is 1.61. The van der Waals surface area contributed by atoms with E-state index in [4.69, 9.17) is 28.5 Å². The van der Waals surface area contributed by atoms with Gasteiger partial charge >= 0.3 is 0 Å². The van der Waals surface area contributed by atoms with Crippen LogP contribution < -0.4 is 0 Å². The summed E-state index contributed by atoms with van der Waals surface area (Å²) in [5.74, 6) is 0. The van der Waals surface area contributed by atoms with Gasteiger partial charge in [0.25, 0.3) is 0 Å². The van der Waals surface area contributed by atoms with Crippen molar-refractivity contribution in [2.24, 2.45) is 4.40 Å².